The summed E-state index contributed by atoms with van der Waals surface area (Å²) in [5.41, 5.74) is 1.20. The van der Waals surface area contributed by atoms with E-state index in [0.717, 1.165) is 5.56 Å². The minimum absolute atomic E-state index is 0.0629. The van der Waals surface area contributed by atoms with E-state index in [0.29, 0.717) is 5.01 Å². The highest BCUT2D eigenvalue weighted by molar-refractivity contribution is 7.13. The van der Waals surface area contributed by atoms with E-state index in [-0.39, 0.29) is 17.0 Å². The molecule has 5 nitrogen and oxygen atoms in total. The van der Waals surface area contributed by atoms with Crippen molar-refractivity contribution in [1.29, 1.82) is 0 Å². The van der Waals surface area contributed by atoms with Gasteiger partial charge in [-0.15, -0.1) is 11.3 Å². The Labute approximate surface area is 163 Å². The number of hydrogen-bond donors (Lipinski definition) is 0. The Balaban J connectivity index is 1.64. The van der Waals surface area contributed by atoms with Gasteiger partial charge in [-0.3, -0.25) is 4.79 Å². The molecule has 0 unspecified atom stereocenters. The lowest BCUT2D eigenvalue weighted by Gasteiger charge is -2.12. The van der Waals surface area contributed by atoms with Crippen molar-refractivity contribution in [3.05, 3.63) is 71.2 Å². The maximum absolute atomic E-state index is 12.4. The van der Waals surface area contributed by atoms with Gasteiger partial charge in [0.05, 0.1) is 0 Å². The first-order chi connectivity index (χ1) is 13.4. The van der Waals surface area contributed by atoms with Crippen LogP contribution in [0.25, 0.3) is 10.6 Å². The summed E-state index contributed by atoms with van der Waals surface area (Å²) in [4.78, 5) is 28.9. The van der Waals surface area contributed by atoms with Crippen LogP contribution in [0.1, 0.15) is 27.8 Å². The fraction of sp³-hybridized carbons (Fsp3) is 0.150. The van der Waals surface area contributed by atoms with Gasteiger partial charge in [0.1, 0.15) is 10.8 Å². The smallest absolute Gasteiger partial charge is 0.387 e. The Kier molecular flexibility index (Phi) is 6.10. The molecule has 0 fully saturated rings. The number of carbonyl (C=O) groups is 2. The number of carbonyl (C=O) groups excluding carboxylic acids is 2. The summed E-state index contributed by atoms with van der Waals surface area (Å²) in [5, 5.41) is 2.24. The lowest BCUT2D eigenvalue weighted by molar-refractivity contribution is -0.0498. The molecule has 0 aliphatic carbocycles. The summed E-state index contributed by atoms with van der Waals surface area (Å²) in [7, 11) is 0. The molecular formula is C20H15F2NO4S. The average molecular weight is 403 g/mol. The highest BCUT2D eigenvalue weighted by Gasteiger charge is 2.22. The van der Waals surface area contributed by atoms with Crippen LogP contribution in [0.5, 0.6) is 5.75 Å². The third-order valence-corrected chi connectivity index (χ3v) is 4.64. The van der Waals surface area contributed by atoms with Crippen molar-refractivity contribution in [2.24, 2.45) is 0 Å². The number of hydrogen-bond acceptors (Lipinski definition) is 6. The van der Waals surface area contributed by atoms with Crippen LogP contribution >= 0.6 is 11.3 Å². The van der Waals surface area contributed by atoms with Gasteiger partial charge in [0, 0.05) is 16.5 Å². The number of thiazole rings is 1. The summed E-state index contributed by atoms with van der Waals surface area (Å²) in [5.74, 6) is -1.24. The van der Waals surface area contributed by atoms with Crippen LogP contribution in [0.2, 0.25) is 0 Å². The molecule has 0 amide bonds. The van der Waals surface area contributed by atoms with E-state index in [2.05, 4.69) is 9.72 Å². The second-order valence-electron chi connectivity index (χ2n) is 5.72. The molecule has 0 radical (unpaired) electrons. The van der Waals surface area contributed by atoms with Gasteiger partial charge in [-0.1, -0.05) is 30.3 Å². The van der Waals surface area contributed by atoms with E-state index in [1.807, 2.05) is 30.3 Å². The van der Waals surface area contributed by atoms with Crippen molar-refractivity contribution in [2.75, 3.05) is 0 Å². The number of rotatable bonds is 7. The first kappa shape index (κ1) is 19.6. The molecule has 0 bridgehead atoms. The maximum Gasteiger partial charge on any atom is 0.387 e. The normalized spacial score (nSPS) is 11.9. The molecule has 1 heterocycles. The molecule has 2 aromatic carbocycles. The molecule has 0 aliphatic rings. The van der Waals surface area contributed by atoms with Crippen molar-refractivity contribution in [2.45, 2.75) is 19.6 Å². The highest BCUT2D eigenvalue weighted by atomic mass is 32.1. The maximum atomic E-state index is 12.4. The first-order valence-electron chi connectivity index (χ1n) is 8.25. The molecule has 0 saturated carbocycles. The van der Waals surface area contributed by atoms with E-state index in [1.54, 1.807) is 5.38 Å². The predicted octanol–water partition coefficient (Wildman–Crippen LogP) is 4.84. The molecule has 0 N–H and O–H groups in total. The number of benzene rings is 2. The molecule has 0 aliphatic heterocycles. The summed E-state index contributed by atoms with van der Waals surface area (Å²) in [6, 6.07) is 14.5. The first-order valence-corrected chi connectivity index (χ1v) is 9.13. The third kappa shape index (κ3) is 4.77. The van der Waals surface area contributed by atoms with Crippen LogP contribution in [0.15, 0.2) is 60.0 Å². The quantitative estimate of drug-likeness (QED) is 0.417. The van der Waals surface area contributed by atoms with E-state index >= 15 is 0 Å². The summed E-state index contributed by atoms with van der Waals surface area (Å²) in [6.45, 7) is -1.51. The fourth-order valence-corrected chi connectivity index (χ4v) is 3.19. The van der Waals surface area contributed by atoms with Gasteiger partial charge in [0.2, 0.25) is 5.78 Å². The van der Waals surface area contributed by atoms with Crippen LogP contribution in [0.4, 0.5) is 8.78 Å². The fourth-order valence-electron chi connectivity index (χ4n) is 2.39. The Morgan fingerprint density at radius 1 is 1.04 bits per heavy atom. The lowest BCUT2D eigenvalue weighted by Crippen LogP contribution is -2.24. The average Bonchev–Trinajstić information content (AvgIpc) is 3.18. The monoisotopic (exact) mass is 403 g/mol. The minimum Gasteiger partial charge on any atom is -0.450 e. The molecule has 1 atom stereocenters. The van der Waals surface area contributed by atoms with Gasteiger partial charge in [-0.05, 0) is 31.2 Å². The minimum atomic E-state index is -2.94. The Morgan fingerprint density at radius 3 is 2.36 bits per heavy atom. The molecule has 0 spiro atoms. The number of ketones is 1. The predicted molar refractivity (Wildman–Crippen MR) is 99.8 cm³/mol. The second-order valence-corrected chi connectivity index (χ2v) is 6.58. The number of alkyl halides is 2. The van der Waals surface area contributed by atoms with Gasteiger partial charge in [0.25, 0.3) is 0 Å². The largest absolute Gasteiger partial charge is 0.450 e. The molecule has 3 aromatic rings. The van der Waals surface area contributed by atoms with Gasteiger partial charge in [-0.25, -0.2) is 9.78 Å². The molecule has 8 heteroatoms. The van der Waals surface area contributed by atoms with Crippen molar-refractivity contribution < 1.29 is 27.8 Å². The van der Waals surface area contributed by atoms with Gasteiger partial charge >= 0.3 is 12.6 Å². The van der Waals surface area contributed by atoms with Crippen molar-refractivity contribution >= 4 is 23.1 Å². The van der Waals surface area contributed by atoms with E-state index in [9.17, 15) is 18.4 Å². The Bertz CT molecular complexity index is 958. The number of aromatic nitrogens is 1. The molecule has 28 heavy (non-hydrogen) atoms. The standard InChI is InChI=1S/C20H15F2NO4S/c1-12(17(24)13-7-9-15(10-8-13)27-20(21)22)26-19(25)16-11-28-18(23-16)14-5-3-2-4-6-14/h2-12,20H,1H3/t12-/m0/s1. The lowest BCUT2D eigenvalue weighted by atomic mass is 10.1. The zero-order chi connectivity index (χ0) is 20.1. The molecule has 0 saturated heterocycles. The summed E-state index contributed by atoms with van der Waals surface area (Å²) in [6.07, 6.45) is -1.06. The van der Waals surface area contributed by atoms with E-state index in [4.69, 9.17) is 4.74 Å². The third-order valence-electron chi connectivity index (χ3n) is 3.75. The van der Waals surface area contributed by atoms with E-state index in [1.165, 1.54) is 42.5 Å². The van der Waals surface area contributed by atoms with Crippen LogP contribution in [0, 0.1) is 0 Å². The van der Waals surface area contributed by atoms with Gasteiger partial charge in [-0.2, -0.15) is 8.78 Å². The van der Waals surface area contributed by atoms with Crippen LogP contribution in [-0.2, 0) is 4.74 Å². The molecule has 3 rings (SSSR count). The van der Waals surface area contributed by atoms with Crippen LogP contribution in [-0.4, -0.2) is 29.5 Å². The molecule has 144 valence electrons. The van der Waals surface area contributed by atoms with E-state index < -0.39 is 24.5 Å². The number of ether oxygens (including phenoxy) is 2. The number of esters is 1. The van der Waals surface area contributed by atoms with Crippen molar-refractivity contribution in [1.82, 2.24) is 4.98 Å². The molecular weight excluding hydrogens is 388 g/mol. The van der Waals surface area contributed by atoms with Crippen molar-refractivity contribution in [3.63, 3.8) is 0 Å². The Hall–Kier alpha value is -3.13. The number of halogens is 2. The van der Waals surface area contributed by atoms with Crippen LogP contribution < -0.4 is 4.74 Å². The highest BCUT2D eigenvalue weighted by Crippen LogP contribution is 2.24. The number of nitrogens with zero attached hydrogens (tertiary/aromatic N) is 1. The summed E-state index contributed by atoms with van der Waals surface area (Å²) >= 11 is 1.30. The second kappa shape index (κ2) is 8.71. The topological polar surface area (TPSA) is 65.5 Å². The van der Waals surface area contributed by atoms with Crippen molar-refractivity contribution in [3.8, 4) is 16.3 Å². The summed E-state index contributed by atoms with van der Waals surface area (Å²) < 4.78 is 33.8. The van der Waals surface area contributed by atoms with Gasteiger partial charge in [0.15, 0.2) is 11.8 Å². The Morgan fingerprint density at radius 2 is 1.71 bits per heavy atom. The molecule has 1 aromatic heterocycles. The zero-order valence-corrected chi connectivity index (χ0v) is 15.5. The zero-order valence-electron chi connectivity index (χ0n) is 14.7. The SMILES string of the molecule is C[C@H](OC(=O)c1csc(-c2ccccc2)n1)C(=O)c1ccc(OC(F)F)cc1. The number of Topliss-reactive ketones (excluding diaryl/α,β-unsaturated/α-hetero) is 1. The van der Waals surface area contributed by atoms with Crippen LogP contribution in [0.3, 0.4) is 0 Å². The van der Waals surface area contributed by atoms with Gasteiger partial charge < -0.3 is 9.47 Å².